The average molecular weight is 482 g/mol. The number of phenols is 1. The maximum Gasteiger partial charge on any atom is 0.303 e. The number of rotatable bonds is 13. The third-order valence-electron chi connectivity index (χ3n) is 6.31. The minimum Gasteiger partial charge on any atom is -0.508 e. The summed E-state index contributed by atoms with van der Waals surface area (Å²) in [7, 11) is 0. The number of phenolic OH excluding ortho intramolecular Hbond substituents is 1. The van der Waals surface area contributed by atoms with Crippen LogP contribution in [0.15, 0.2) is 42.5 Å². The number of aliphatic carboxylic acids is 1. The number of hydrogen-bond donors (Lipinski definition) is 5. The molecular formula is C27H35N3O5. The molecule has 2 unspecified atom stereocenters. The van der Waals surface area contributed by atoms with Crippen LogP contribution in [0.3, 0.4) is 0 Å². The largest absolute Gasteiger partial charge is 0.508 e. The Morgan fingerprint density at radius 2 is 1.86 bits per heavy atom. The van der Waals surface area contributed by atoms with Gasteiger partial charge in [-0.1, -0.05) is 43.2 Å². The van der Waals surface area contributed by atoms with Crippen LogP contribution in [0.25, 0.3) is 0 Å². The average Bonchev–Trinajstić information content (AvgIpc) is 3.26. The molecule has 2 aromatic rings. The lowest BCUT2D eigenvalue weighted by Gasteiger charge is -2.21. The van der Waals surface area contributed by atoms with Gasteiger partial charge >= 0.3 is 5.97 Å². The lowest BCUT2D eigenvalue weighted by Crippen LogP contribution is -2.51. The monoisotopic (exact) mass is 481 g/mol. The first kappa shape index (κ1) is 26.1. The van der Waals surface area contributed by atoms with Gasteiger partial charge in [0.25, 0.3) is 0 Å². The SMILES string of the molecule is Cc1cc(O)cc2c1CC(C(=O)NC(CCCCCC(=O)O)C(=O)NCCCc1ccccc1)N2. The van der Waals surface area contributed by atoms with Crippen LogP contribution in [0.2, 0.25) is 0 Å². The van der Waals surface area contributed by atoms with E-state index in [2.05, 4.69) is 28.1 Å². The molecule has 0 saturated carbocycles. The molecule has 0 bridgehead atoms. The molecular weight excluding hydrogens is 446 g/mol. The first-order chi connectivity index (χ1) is 16.8. The molecule has 8 heteroatoms. The van der Waals surface area contributed by atoms with E-state index in [1.807, 2.05) is 25.1 Å². The molecule has 0 spiro atoms. The maximum atomic E-state index is 13.0. The van der Waals surface area contributed by atoms with Gasteiger partial charge in [0.2, 0.25) is 11.8 Å². The van der Waals surface area contributed by atoms with Crippen molar-refractivity contribution in [2.45, 2.75) is 70.4 Å². The van der Waals surface area contributed by atoms with E-state index >= 15 is 0 Å². The first-order valence-corrected chi connectivity index (χ1v) is 12.3. The molecule has 0 fully saturated rings. The summed E-state index contributed by atoms with van der Waals surface area (Å²) in [5.41, 5.74) is 3.84. The minimum absolute atomic E-state index is 0.0964. The van der Waals surface area contributed by atoms with Gasteiger partial charge in [0, 0.05) is 31.1 Å². The molecule has 188 valence electrons. The number of amides is 2. The Morgan fingerprint density at radius 1 is 1.09 bits per heavy atom. The molecule has 0 saturated heterocycles. The van der Waals surface area contributed by atoms with Crippen LogP contribution in [0, 0.1) is 6.92 Å². The van der Waals surface area contributed by atoms with Gasteiger partial charge in [-0.2, -0.15) is 0 Å². The summed E-state index contributed by atoms with van der Waals surface area (Å²) < 4.78 is 0. The van der Waals surface area contributed by atoms with Gasteiger partial charge in [0.05, 0.1) is 0 Å². The van der Waals surface area contributed by atoms with Gasteiger partial charge in [0.15, 0.2) is 0 Å². The van der Waals surface area contributed by atoms with E-state index in [1.165, 1.54) is 5.56 Å². The van der Waals surface area contributed by atoms with E-state index in [1.54, 1.807) is 12.1 Å². The summed E-state index contributed by atoms with van der Waals surface area (Å²) in [6.07, 6.45) is 4.51. The highest BCUT2D eigenvalue weighted by Gasteiger charge is 2.31. The molecule has 35 heavy (non-hydrogen) atoms. The van der Waals surface area contributed by atoms with E-state index in [9.17, 15) is 19.5 Å². The van der Waals surface area contributed by atoms with Gasteiger partial charge in [0.1, 0.15) is 17.8 Å². The van der Waals surface area contributed by atoms with Crippen LogP contribution < -0.4 is 16.0 Å². The molecule has 5 N–H and O–H groups in total. The number of aryl methyl sites for hydroxylation is 2. The van der Waals surface area contributed by atoms with Gasteiger partial charge in [-0.25, -0.2) is 0 Å². The number of nitrogens with one attached hydrogen (secondary N) is 3. The van der Waals surface area contributed by atoms with E-state index in [-0.39, 0.29) is 24.0 Å². The van der Waals surface area contributed by atoms with E-state index < -0.39 is 18.1 Å². The Balaban J connectivity index is 1.53. The number of unbranched alkanes of at least 4 members (excludes halogenated alkanes) is 2. The third-order valence-corrected chi connectivity index (χ3v) is 6.31. The zero-order valence-corrected chi connectivity index (χ0v) is 20.2. The molecule has 2 atom stereocenters. The number of carbonyl (C=O) groups is 3. The second kappa shape index (κ2) is 12.8. The van der Waals surface area contributed by atoms with Crippen molar-refractivity contribution in [2.24, 2.45) is 0 Å². The highest BCUT2D eigenvalue weighted by atomic mass is 16.4. The minimum atomic E-state index is -0.834. The van der Waals surface area contributed by atoms with Gasteiger partial charge in [-0.3, -0.25) is 14.4 Å². The van der Waals surface area contributed by atoms with Crippen molar-refractivity contribution in [1.82, 2.24) is 10.6 Å². The summed E-state index contributed by atoms with van der Waals surface area (Å²) in [6, 6.07) is 12.1. The molecule has 0 aliphatic carbocycles. The lowest BCUT2D eigenvalue weighted by molar-refractivity contribution is -0.137. The first-order valence-electron chi connectivity index (χ1n) is 12.3. The van der Waals surface area contributed by atoms with Crippen LogP contribution in [-0.4, -0.2) is 46.6 Å². The number of anilines is 1. The summed E-state index contributed by atoms with van der Waals surface area (Å²) in [5, 5.41) is 27.6. The summed E-state index contributed by atoms with van der Waals surface area (Å²) >= 11 is 0. The molecule has 1 aliphatic heterocycles. The molecule has 8 nitrogen and oxygen atoms in total. The molecule has 1 aliphatic rings. The predicted molar refractivity (Wildman–Crippen MR) is 134 cm³/mol. The van der Waals surface area contributed by atoms with Crippen LogP contribution in [-0.2, 0) is 27.2 Å². The number of carbonyl (C=O) groups excluding carboxylic acids is 2. The van der Waals surface area contributed by atoms with Crippen LogP contribution in [0.1, 0.15) is 55.2 Å². The lowest BCUT2D eigenvalue weighted by atomic mass is 10.0. The summed E-state index contributed by atoms with van der Waals surface area (Å²) in [5.74, 6) is -1.19. The van der Waals surface area contributed by atoms with E-state index in [0.717, 1.165) is 29.7 Å². The van der Waals surface area contributed by atoms with Gasteiger partial charge in [-0.05, 0) is 55.4 Å². The number of carboxylic acids is 1. The highest BCUT2D eigenvalue weighted by molar-refractivity contribution is 5.92. The van der Waals surface area contributed by atoms with Crippen molar-refractivity contribution >= 4 is 23.5 Å². The molecule has 1 heterocycles. The van der Waals surface area contributed by atoms with Crippen molar-refractivity contribution in [2.75, 3.05) is 11.9 Å². The quantitative estimate of drug-likeness (QED) is 0.279. The fourth-order valence-corrected chi connectivity index (χ4v) is 4.41. The zero-order chi connectivity index (χ0) is 25.2. The fraction of sp³-hybridized carbons (Fsp3) is 0.444. The maximum absolute atomic E-state index is 13.0. The zero-order valence-electron chi connectivity index (χ0n) is 20.2. The topological polar surface area (TPSA) is 128 Å². The third kappa shape index (κ3) is 8.02. The smallest absolute Gasteiger partial charge is 0.303 e. The molecule has 2 aromatic carbocycles. The standard InChI is InChI=1S/C27H35N3O5/c1-18-15-20(31)16-23-21(18)17-24(29-23)27(35)30-22(12-6-3-7-13-25(32)33)26(34)28-14-8-11-19-9-4-2-5-10-19/h2,4-5,9-10,15-16,22,24,29,31H,3,6-8,11-14,17H2,1H3,(H,28,34)(H,30,35)(H,32,33). The van der Waals surface area contributed by atoms with Crippen molar-refractivity contribution in [3.63, 3.8) is 0 Å². The number of hydrogen-bond acceptors (Lipinski definition) is 5. The molecule has 3 rings (SSSR count). The normalized spacial score (nSPS) is 15.1. The van der Waals surface area contributed by atoms with Crippen LogP contribution in [0.4, 0.5) is 5.69 Å². The highest BCUT2D eigenvalue weighted by Crippen LogP contribution is 2.32. The Bertz CT molecular complexity index is 1020. The number of benzene rings is 2. The summed E-state index contributed by atoms with van der Waals surface area (Å²) in [6.45, 7) is 2.40. The fourth-order valence-electron chi connectivity index (χ4n) is 4.41. The van der Waals surface area contributed by atoms with Crippen molar-refractivity contribution in [3.8, 4) is 5.75 Å². The second-order valence-corrected chi connectivity index (χ2v) is 9.12. The van der Waals surface area contributed by atoms with Crippen molar-refractivity contribution in [1.29, 1.82) is 0 Å². The van der Waals surface area contributed by atoms with Crippen LogP contribution >= 0.6 is 0 Å². The van der Waals surface area contributed by atoms with Crippen molar-refractivity contribution in [3.05, 3.63) is 59.2 Å². The molecule has 0 radical (unpaired) electrons. The Kier molecular flexibility index (Phi) is 9.52. The second-order valence-electron chi connectivity index (χ2n) is 9.12. The number of carboxylic acid groups (broad SMARTS) is 1. The molecule has 0 aromatic heterocycles. The summed E-state index contributed by atoms with van der Waals surface area (Å²) in [4.78, 5) is 36.7. The Labute approximate surface area is 206 Å². The number of fused-ring (bicyclic) bond motifs is 1. The number of aromatic hydroxyl groups is 1. The Morgan fingerprint density at radius 3 is 2.60 bits per heavy atom. The predicted octanol–water partition coefficient (Wildman–Crippen LogP) is 3.31. The van der Waals surface area contributed by atoms with E-state index in [4.69, 9.17) is 5.11 Å². The molecule has 2 amide bonds. The van der Waals surface area contributed by atoms with Gasteiger partial charge < -0.3 is 26.2 Å². The van der Waals surface area contributed by atoms with E-state index in [0.29, 0.717) is 38.6 Å². The van der Waals surface area contributed by atoms with Gasteiger partial charge in [-0.15, -0.1) is 0 Å². The Hall–Kier alpha value is -3.55. The van der Waals surface area contributed by atoms with Crippen LogP contribution in [0.5, 0.6) is 5.75 Å². The van der Waals surface area contributed by atoms with Crippen molar-refractivity contribution < 1.29 is 24.6 Å².